The number of guanidine groups is 1. The van der Waals surface area contributed by atoms with Crippen molar-refractivity contribution in [1.82, 2.24) is 10.6 Å². The third kappa shape index (κ3) is 6.85. The van der Waals surface area contributed by atoms with Gasteiger partial charge in [0.25, 0.3) is 0 Å². The molecule has 5 nitrogen and oxygen atoms in total. The van der Waals surface area contributed by atoms with Crippen molar-refractivity contribution in [2.75, 3.05) is 31.6 Å². The fourth-order valence-electron chi connectivity index (χ4n) is 3.27. The Morgan fingerprint density at radius 1 is 1.21 bits per heavy atom. The Kier molecular flexibility index (Phi) is 7.24. The number of aliphatic imine (C=N–C) groups is 1. The summed E-state index contributed by atoms with van der Waals surface area (Å²) in [6.45, 7) is 2.66. The maximum absolute atomic E-state index is 12.2. The van der Waals surface area contributed by atoms with E-state index in [1.54, 1.807) is 30.5 Å². The van der Waals surface area contributed by atoms with E-state index in [9.17, 15) is 13.2 Å². The number of nitrogens with one attached hydrogen (secondary N) is 2. The summed E-state index contributed by atoms with van der Waals surface area (Å²) in [5.74, 6) is 0.539. The molecule has 0 amide bonds. The van der Waals surface area contributed by atoms with Gasteiger partial charge in [-0.2, -0.15) is 0 Å². The Bertz CT molecular complexity index is 770. The largest absolute Gasteiger partial charge is 0.573 e. The molecule has 1 aromatic heterocycles. The highest BCUT2D eigenvalue weighted by atomic mass is 32.1. The first-order valence-corrected chi connectivity index (χ1v) is 10.4. The molecule has 0 aliphatic carbocycles. The van der Waals surface area contributed by atoms with Gasteiger partial charge in [-0.05, 0) is 54.5 Å². The van der Waals surface area contributed by atoms with Gasteiger partial charge in [0.15, 0.2) is 5.96 Å². The molecular weight excluding hydrogens is 401 g/mol. The number of halogens is 3. The lowest BCUT2D eigenvalue weighted by Crippen LogP contribution is -2.49. The molecule has 0 radical (unpaired) electrons. The Labute approximate surface area is 172 Å². The van der Waals surface area contributed by atoms with Crippen LogP contribution in [-0.2, 0) is 6.42 Å². The standard InChI is InChI=1S/C20H25F3N4OS/c1-24-19(26-16-9-12-27(13-10-16)18-3-2-14-29-18)25-11-8-15-4-6-17(7-5-15)28-20(21,22)23/h2-7,14,16H,8-13H2,1H3,(H2,24,25,26). The SMILES string of the molecule is CN=C(NCCc1ccc(OC(F)(F)F)cc1)NC1CCN(c2cccs2)CC1. The minimum atomic E-state index is -4.67. The van der Waals surface area contributed by atoms with Crippen LogP contribution in [-0.4, -0.2) is 45.0 Å². The van der Waals surface area contributed by atoms with Crippen molar-refractivity contribution in [2.45, 2.75) is 31.7 Å². The van der Waals surface area contributed by atoms with Crippen LogP contribution in [0.2, 0.25) is 0 Å². The van der Waals surface area contributed by atoms with E-state index in [0.717, 1.165) is 37.5 Å². The summed E-state index contributed by atoms with van der Waals surface area (Å²) in [5.41, 5.74) is 0.923. The highest BCUT2D eigenvalue weighted by Gasteiger charge is 2.30. The van der Waals surface area contributed by atoms with Crippen molar-refractivity contribution in [1.29, 1.82) is 0 Å². The molecule has 1 aromatic carbocycles. The van der Waals surface area contributed by atoms with Gasteiger partial charge in [0.1, 0.15) is 5.75 Å². The van der Waals surface area contributed by atoms with Crippen LogP contribution in [0, 0.1) is 0 Å². The van der Waals surface area contributed by atoms with Crippen molar-refractivity contribution in [3.8, 4) is 5.75 Å². The number of ether oxygens (including phenoxy) is 1. The predicted octanol–water partition coefficient (Wildman–Crippen LogP) is 4.02. The lowest BCUT2D eigenvalue weighted by molar-refractivity contribution is -0.274. The molecule has 1 fully saturated rings. The van der Waals surface area contributed by atoms with E-state index in [1.165, 1.54) is 17.1 Å². The lowest BCUT2D eigenvalue weighted by Gasteiger charge is -2.33. The van der Waals surface area contributed by atoms with Crippen molar-refractivity contribution >= 4 is 22.3 Å². The van der Waals surface area contributed by atoms with Gasteiger partial charge in [0, 0.05) is 32.7 Å². The zero-order chi connectivity index (χ0) is 20.7. The van der Waals surface area contributed by atoms with Crippen LogP contribution in [0.5, 0.6) is 5.75 Å². The molecule has 2 N–H and O–H groups in total. The van der Waals surface area contributed by atoms with Crippen LogP contribution in [0.3, 0.4) is 0 Å². The van der Waals surface area contributed by atoms with E-state index < -0.39 is 6.36 Å². The van der Waals surface area contributed by atoms with Crippen molar-refractivity contribution < 1.29 is 17.9 Å². The number of piperidine rings is 1. The summed E-state index contributed by atoms with van der Waals surface area (Å²) in [7, 11) is 1.74. The molecule has 1 aliphatic heterocycles. The highest BCUT2D eigenvalue weighted by molar-refractivity contribution is 7.14. The zero-order valence-corrected chi connectivity index (χ0v) is 17.0. The van der Waals surface area contributed by atoms with E-state index in [4.69, 9.17) is 0 Å². The quantitative estimate of drug-likeness (QED) is 0.541. The maximum atomic E-state index is 12.2. The molecule has 0 bridgehead atoms. The number of hydrogen-bond donors (Lipinski definition) is 2. The monoisotopic (exact) mass is 426 g/mol. The average Bonchev–Trinajstić information content (AvgIpc) is 3.23. The smallest absolute Gasteiger partial charge is 0.406 e. The van der Waals surface area contributed by atoms with E-state index in [2.05, 4.69) is 42.8 Å². The van der Waals surface area contributed by atoms with E-state index >= 15 is 0 Å². The van der Waals surface area contributed by atoms with Crippen LogP contribution in [0.4, 0.5) is 18.2 Å². The van der Waals surface area contributed by atoms with Crippen LogP contribution in [0.15, 0.2) is 46.8 Å². The van der Waals surface area contributed by atoms with Gasteiger partial charge in [-0.15, -0.1) is 24.5 Å². The number of rotatable bonds is 6. The van der Waals surface area contributed by atoms with Crippen molar-refractivity contribution in [3.05, 3.63) is 47.3 Å². The molecule has 9 heteroatoms. The third-order valence-corrected chi connectivity index (χ3v) is 5.67. The minimum absolute atomic E-state index is 0.208. The third-order valence-electron chi connectivity index (χ3n) is 4.74. The first-order chi connectivity index (χ1) is 13.9. The second-order valence-corrected chi connectivity index (χ2v) is 7.72. The number of nitrogens with zero attached hydrogens (tertiary/aromatic N) is 2. The maximum Gasteiger partial charge on any atom is 0.573 e. The number of thiophene rings is 1. The van der Waals surface area contributed by atoms with Gasteiger partial charge >= 0.3 is 6.36 Å². The highest BCUT2D eigenvalue weighted by Crippen LogP contribution is 2.25. The van der Waals surface area contributed by atoms with Gasteiger partial charge in [0.2, 0.25) is 0 Å². The van der Waals surface area contributed by atoms with Crippen LogP contribution >= 0.6 is 11.3 Å². The Morgan fingerprint density at radius 2 is 1.93 bits per heavy atom. The number of hydrogen-bond acceptors (Lipinski definition) is 4. The Balaban J connectivity index is 1.38. The first kappa shape index (κ1) is 21.3. The van der Waals surface area contributed by atoms with Gasteiger partial charge in [0.05, 0.1) is 5.00 Å². The zero-order valence-electron chi connectivity index (χ0n) is 16.2. The van der Waals surface area contributed by atoms with Crippen molar-refractivity contribution in [2.24, 2.45) is 4.99 Å². The Hall–Kier alpha value is -2.42. The van der Waals surface area contributed by atoms with Gasteiger partial charge in [-0.3, -0.25) is 4.99 Å². The number of anilines is 1. The summed E-state index contributed by atoms with van der Waals surface area (Å²) in [4.78, 5) is 6.68. The summed E-state index contributed by atoms with van der Waals surface area (Å²) in [6, 6.07) is 10.5. The molecular formula is C20H25F3N4OS. The predicted molar refractivity (Wildman–Crippen MR) is 111 cm³/mol. The summed E-state index contributed by atoms with van der Waals surface area (Å²) < 4.78 is 40.5. The molecule has 0 saturated carbocycles. The van der Waals surface area contributed by atoms with Gasteiger partial charge < -0.3 is 20.3 Å². The van der Waals surface area contributed by atoms with Gasteiger partial charge in [-0.25, -0.2) is 0 Å². The van der Waals surface area contributed by atoms with Gasteiger partial charge in [-0.1, -0.05) is 12.1 Å². The van der Waals surface area contributed by atoms with Crippen LogP contribution in [0.1, 0.15) is 18.4 Å². The van der Waals surface area contributed by atoms with Crippen LogP contribution < -0.4 is 20.3 Å². The average molecular weight is 427 g/mol. The fraction of sp³-hybridized carbons (Fsp3) is 0.450. The molecule has 3 rings (SSSR count). The molecule has 0 spiro atoms. The Morgan fingerprint density at radius 3 is 2.52 bits per heavy atom. The fourth-order valence-corrected chi connectivity index (χ4v) is 4.05. The van der Waals surface area contributed by atoms with Crippen molar-refractivity contribution in [3.63, 3.8) is 0 Å². The first-order valence-electron chi connectivity index (χ1n) is 9.53. The normalized spacial score (nSPS) is 16.0. The molecule has 0 unspecified atom stereocenters. The topological polar surface area (TPSA) is 48.9 Å². The second kappa shape index (κ2) is 9.87. The minimum Gasteiger partial charge on any atom is -0.406 e. The molecule has 2 aromatic rings. The molecule has 1 saturated heterocycles. The second-order valence-electron chi connectivity index (χ2n) is 6.80. The van der Waals surface area contributed by atoms with Crippen LogP contribution in [0.25, 0.3) is 0 Å². The number of alkyl halides is 3. The summed E-state index contributed by atoms with van der Waals surface area (Å²) in [6.07, 6.45) is -1.91. The molecule has 29 heavy (non-hydrogen) atoms. The summed E-state index contributed by atoms with van der Waals surface area (Å²) >= 11 is 1.77. The molecule has 2 heterocycles. The summed E-state index contributed by atoms with van der Waals surface area (Å²) in [5, 5.41) is 10.2. The molecule has 1 aliphatic rings. The van der Waals surface area contributed by atoms with E-state index in [0.29, 0.717) is 19.0 Å². The molecule has 0 atom stereocenters. The molecule has 158 valence electrons. The lowest BCUT2D eigenvalue weighted by atomic mass is 10.1. The van der Waals surface area contributed by atoms with E-state index in [-0.39, 0.29) is 5.75 Å². The number of benzene rings is 1. The van der Waals surface area contributed by atoms with E-state index in [1.807, 2.05) is 0 Å².